The summed E-state index contributed by atoms with van der Waals surface area (Å²) in [7, 11) is 0. The van der Waals surface area contributed by atoms with Gasteiger partial charge in [-0.3, -0.25) is 9.78 Å². The fraction of sp³-hybridized carbons (Fsp3) is 0.250. The summed E-state index contributed by atoms with van der Waals surface area (Å²) < 4.78 is 4.94. The topological polar surface area (TPSA) is 80.0 Å². The number of rotatable bonds is 4. The third kappa shape index (κ3) is 4.27. The van der Waals surface area contributed by atoms with Crippen molar-refractivity contribution in [3.63, 3.8) is 0 Å². The number of hydrogen-bond donors (Lipinski definition) is 2. The molecule has 0 unspecified atom stereocenters. The molecule has 1 aromatic carbocycles. The van der Waals surface area contributed by atoms with Crippen molar-refractivity contribution >= 4 is 23.1 Å². The summed E-state index contributed by atoms with van der Waals surface area (Å²) in [5.74, 6) is 0.651. The number of aryl methyl sites for hydroxylation is 1. The molecular weight excluding hydrogens is 328 g/mol. The number of aromatic nitrogens is 2. The smallest absolute Gasteiger partial charge is 0.275 e. The Labute approximate surface area is 152 Å². The van der Waals surface area contributed by atoms with E-state index in [4.69, 9.17) is 4.52 Å². The lowest BCUT2D eigenvalue weighted by Crippen LogP contribution is -2.14. The molecule has 3 rings (SSSR count). The van der Waals surface area contributed by atoms with Gasteiger partial charge in [0.15, 0.2) is 5.82 Å². The van der Waals surface area contributed by atoms with Crippen molar-refractivity contribution in [2.45, 2.75) is 33.1 Å². The zero-order valence-electron chi connectivity index (χ0n) is 15.3. The van der Waals surface area contributed by atoms with E-state index in [0.717, 1.165) is 11.4 Å². The molecular formula is C20H22N4O2. The van der Waals surface area contributed by atoms with Crippen LogP contribution in [-0.2, 0) is 5.41 Å². The fourth-order valence-corrected chi connectivity index (χ4v) is 2.46. The highest BCUT2D eigenvalue weighted by molar-refractivity contribution is 6.02. The van der Waals surface area contributed by atoms with E-state index in [1.165, 1.54) is 5.56 Å². The first-order valence-electron chi connectivity index (χ1n) is 8.39. The molecule has 0 saturated carbocycles. The van der Waals surface area contributed by atoms with Crippen molar-refractivity contribution in [2.75, 3.05) is 10.6 Å². The highest BCUT2D eigenvalue weighted by Crippen LogP contribution is 2.25. The average Bonchev–Trinajstić information content (AvgIpc) is 2.99. The van der Waals surface area contributed by atoms with Crippen molar-refractivity contribution in [1.29, 1.82) is 0 Å². The molecule has 0 saturated heterocycles. The molecule has 2 aromatic heterocycles. The van der Waals surface area contributed by atoms with E-state index in [2.05, 4.69) is 53.7 Å². The van der Waals surface area contributed by atoms with Gasteiger partial charge in [0.05, 0.1) is 0 Å². The summed E-state index contributed by atoms with van der Waals surface area (Å²) in [6.45, 7) is 8.30. The molecule has 0 aliphatic carbocycles. The van der Waals surface area contributed by atoms with Crippen LogP contribution in [0.5, 0.6) is 0 Å². The number of carbonyl (C=O) groups is 1. The molecule has 0 radical (unpaired) electrons. The first kappa shape index (κ1) is 17.7. The zero-order valence-corrected chi connectivity index (χ0v) is 15.3. The van der Waals surface area contributed by atoms with E-state index in [0.29, 0.717) is 17.3 Å². The Bertz CT molecular complexity index is 908. The second-order valence-corrected chi connectivity index (χ2v) is 7.16. The maximum Gasteiger partial charge on any atom is 0.275 e. The van der Waals surface area contributed by atoms with Crippen molar-refractivity contribution in [3.8, 4) is 0 Å². The minimum Gasteiger partial charge on any atom is -0.360 e. The van der Waals surface area contributed by atoms with Crippen LogP contribution in [0.4, 0.5) is 17.2 Å². The average molecular weight is 350 g/mol. The standard InChI is InChI=1S/C20H22N4O2/c1-13-11-18(24-26-13)23-19(25)17-12-16(9-10-21-17)22-15-7-5-14(6-8-15)20(2,3)4/h5-12H,1-4H3,(H,21,22)(H,23,24,25). The van der Waals surface area contributed by atoms with Crippen LogP contribution >= 0.6 is 0 Å². The number of hydrogen-bond acceptors (Lipinski definition) is 5. The van der Waals surface area contributed by atoms with Crippen molar-refractivity contribution in [1.82, 2.24) is 10.1 Å². The van der Waals surface area contributed by atoms with Crippen molar-refractivity contribution < 1.29 is 9.32 Å². The molecule has 6 heteroatoms. The second kappa shape index (κ2) is 7.00. The van der Waals surface area contributed by atoms with Gasteiger partial charge in [0.1, 0.15) is 11.5 Å². The predicted octanol–water partition coefficient (Wildman–Crippen LogP) is 4.67. The Morgan fingerprint density at radius 3 is 2.38 bits per heavy atom. The number of nitrogens with one attached hydrogen (secondary N) is 2. The van der Waals surface area contributed by atoms with Gasteiger partial charge in [-0.1, -0.05) is 38.1 Å². The number of nitrogens with zero attached hydrogens (tertiary/aromatic N) is 2. The fourth-order valence-electron chi connectivity index (χ4n) is 2.46. The molecule has 0 atom stereocenters. The van der Waals surface area contributed by atoms with Crippen LogP contribution in [0.2, 0.25) is 0 Å². The lowest BCUT2D eigenvalue weighted by Gasteiger charge is -2.19. The molecule has 2 N–H and O–H groups in total. The summed E-state index contributed by atoms with van der Waals surface area (Å²) in [4.78, 5) is 16.4. The van der Waals surface area contributed by atoms with Gasteiger partial charge in [0.25, 0.3) is 5.91 Å². The predicted molar refractivity (Wildman–Crippen MR) is 102 cm³/mol. The molecule has 2 heterocycles. The second-order valence-electron chi connectivity index (χ2n) is 7.16. The molecule has 26 heavy (non-hydrogen) atoms. The lowest BCUT2D eigenvalue weighted by molar-refractivity contribution is 0.102. The molecule has 0 aliphatic rings. The maximum atomic E-state index is 12.3. The first-order valence-corrected chi connectivity index (χ1v) is 8.39. The van der Waals surface area contributed by atoms with Gasteiger partial charge >= 0.3 is 0 Å². The molecule has 0 fully saturated rings. The van der Waals surface area contributed by atoms with E-state index in [9.17, 15) is 4.79 Å². The maximum absolute atomic E-state index is 12.3. The largest absolute Gasteiger partial charge is 0.360 e. The minimum atomic E-state index is -0.343. The van der Waals surface area contributed by atoms with Gasteiger partial charge in [0, 0.05) is 23.6 Å². The molecule has 0 aliphatic heterocycles. The molecule has 134 valence electrons. The minimum absolute atomic E-state index is 0.111. The zero-order chi connectivity index (χ0) is 18.7. The summed E-state index contributed by atoms with van der Waals surface area (Å²) in [5, 5.41) is 9.70. The van der Waals surface area contributed by atoms with Crippen LogP contribution in [0.3, 0.4) is 0 Å². The number of benzene rings is 1. The molecule has 0 bridgehead atoms. The van der Waals surface area contributed by atoms with Gasteiger partial charge in [-0.2, -0.15) is 0 Å². The molecule has 6 nitrogen and oxygen atoms in total. The summed E-state index contributed by atoms with van der Waals surface area (Å²) >= 11 is 0. The Balaban J connectivity index is 1.72. The van der Waals surface area contributed by atoms with Gasteiger partial charge in [0.2, 0.25) is 0 Å². The van der Waals surface area contributed by atoms with Gasteiger partial charge in [-0.05, 0) is 42.2 Å². The number of carbonyl (C=O) groups excluding carboxylic acids is 1. The van der Waals surface area contributed by atoms with Crippen LogP contribution in [0.1, 0.15) is 42.6 Å². The van der Waals surface area contributed by atoms with Crippen molar-refractivity contribution in [2.24, 2.45) is 0 Å². The third-order valence-corrected chi connectivity index (χ3v) is 3.90. The van der Waals surface area contributed by atoms with Gasteiger partial charge in [-0.15, -0.1) is 0 Å². The monoisotopic (exact) mass is 350 g/mol. The Hall–Kier alpha value is -3.15. The quantitative estimate of drug-likeness (QED) is 0.714. The third-order valence-electron chi connectivity index (χ3n) is 3.90. The summed E-state index contributed by atoms with van der Waals surface area (Å²) in [6.07, 6.45) is 1.59. The number of amides is 1. The van der Waals surface area contributed by atoms with Crippen LogP contribution < -0.4 is 10.6 Å². The molecule has 1 amide bonds. The highest BCUT2D eigenvalue weighted by Gasteiger charge is 2.13. The summed E-state index contributed by atoms with van der Waals surface area (Å²) in [6, 6.07) is 13.4. The van der Waals surface area contributed by atoms with Crippen LogP contribution in [0, 0.1) is 6.92 Å². The molecule has 0 spiro atoms. The van der Waals surface area contributed by atoms with E-state index in [1.807, 2.05) is 18.2 Å². The Morgan fingerprint density at radius 1 is 1.04 bits per heavy atom. The van der Waals surface area contributed by atoms with E-state index in [1.54, 1.807) is 25.3 Å². The Morgan fingerprint density at radius 2 is 1.77 bits per heavy atom. The highest BCUT2D eigenvalue weighted by atomic mass is 16.5. The lowest BCUT2D eigenvalue weighted by atomic mass is 9.87. The van der Waals surface area contributed by atoms with E-state index < -0.39 is 0 Å². The van der Waals surface area contributed by atoms with Crippen LogP contribution in [-0.4, -0.2) is 16.0 Å². The van der Waals surface area contributed by atoms with Crippen LogP contribution in [0.25, 0.3) is 0 Å². The first-order chi connectivity index (χ1) is 12.3. The normalized spacial score (nSPS) is 11.2. The van der Waals surface area contributed by atoms with E-state index >= 15 is 0 Å². The summed E-state index contributed by atoms with van der Waals surface area (Å²) in [5.41, 5.74) is 3.40. The number of pyridine rings is 1. The SMILES string of the molecule is Cc1cc(NC(=O)c2cc(Nc3ccc(C(C)(C)C)cc3)ccn2)no1. The Kier molecular flexibility index (Phi) is 4.75. The number of anilines is 3. The van der Waals surface area contributed by atoms with Gasteiger partial charge in [-0.25, -0.2) is 0 Å². The van der Waals surface area contributed by atoms with Gasteiger partial charge < -0.3 is 15.2 Å². The van der Waals surface area contributed by atoms with Crippen LogP contribution in [0.15, 0.2) is 53.2 Å². The van der Waals surface area contributed by atoms with Crippen molar-refractivity contribution in [3.05, 3.63) is 65.7 Å². The van der Waals surface area contributed by atoms with E-state index in [-0.39, 0.29) is 11.3 Å². The molecule has 3 aromatic rings.